The largest absolute Gasteiger partial charge is 0.376 e. The van der Waals surface area contributed by atoms with Gasteiger partial charge >= 0.3 is 0 Å². The lowest BCUT2D eigenvalue weighted by atomic mass is 9.97. The number of aromatic nitrogens is 1. The lowest BCUT2D eigenvalue weighted by molar-refractivity contribution is -0.124. The van der Waals surface area contributed by atoms with Crippen LogP contribution in [0.2, 0.25) is 5.02 Å². The van der Waals surface area contributed by atoms with E-state index in [0.29, 0.717) is 22.2 Å². The van der Waals surface area contributed by atoms with Gasteiger partial charge in [0.25, 0.3) is 11.8 Å². The Hall–Kier alpha value is -2.26. The standard InChI is InChI=1S/C24H29ClF2N4O2S/c1-13-17(10-16(25)12-28-13)29-14(2)19-7-8-20(34-19)23(33)30-18(9-15-5-3-4-6-15)22(32)31-21-11-24(21,26)27/h7-8,10,12,14-15,18,21,29H,3-6,9,11H2,1-2H3,(H,30,33)(H,31,32)/t14-,18-,21-/m0/s1. The van der Waals surface area contributed by atoms with Gasteiger partial charge in [-0.15, -0.1) is 11.3 Å². The third-order valence-corrected chi connectivity index (χ3v) is 7.98. The fraction of sp³-hybridized carbons (Fsp3) is 0.542. The number of carbonyl (C=O) groups excluding carboxylic acids is 2. The molecule has 6 nitrogen and oxygen atoms in total. The molecule has 0 radical (unpaired) electrons. The summed E-state index contributed by atoms with van der Waals surface area (Å²) >= 11 is 7.37. The number of rotatable bonds is 9. The van der Waals surface area contributed by atoms with Crippen LogP contribution in [-0.4, -0.2) is 34.8 Å². The first-order valence-corrected chi connectivity index (χ1v) is 12.8. The van der Waals surface area contributed by atoms with Crippen LogP contribution in [0.3, 0.4) is 0 Å². The normalized spacial score (nSPS) is 21.0. The topological polar surface area (TPSA) is 83.1 Å². The zero-order valence-corrected chi connectivity index (χ0v) is 20.7. The van der Waals surface area contributed by atoms with Gasteiger partial charge < -0.3 is 16.0 Å². The van der Waals surface area contributed by atoms with Crippen molar-refractivity contribution in [2.75, 3.05) is 5.32 Å². The lowest BCUT2D eigenvalue weighted by Crippen LogP contribution is -2.48. The molecule has 2 aliphatic rings. The number of nitrogens with zero attached hydrogens (tertiary/aromatic N) is 1. The van der Waals surface area contributed by atoms with E-state index in [1.807, 2.05) is 19.9 Å². The van der Waals surface area contributed by atoms with E-state index >= 15 is 0 Å². The quantitative estimate of drug-likeness (QED) is 0.417. The molecule has 10 heteroatoms. The van der Waals surface area contributed by atoms with E-state index in [2.05, 4.69) is 20.9 Å². The van der Waals surface area contributed by atoms with Crippen LogP contribution < -0.4 is 16.0 Å². The molecule has 4 rings (SSSR count). The highest BCUT2D eigenvalue weighted by Crippen LogP contribution is 2.41. The lowest BCUT2D eigenvalue weighted by Gasteiger charge is -2.21. The Bertz CT molecular complexity index is 1060. The molecule has 2 aromatic rings. The number of thiophene rings is 1. The van der Waals surface area contributed by atoms with Crippen molar-refractivity contribution in [2.45, 2.75) is 76.4 Å². The molecule has 2 aromatic heterocycles. The third-order valence-electron chi connectivity index (χ3n) is 6.51. The molecule has 0 spiro atoms. The minimum absolute atomic E-state index is 0.0970. The fourth-order valence-electron chi connectivity index (χ4n) is 4.35. The predicted octanol–water partition coefficient (Wildman–Crippen LogP) is 5.48. The van der Waals surface area contributed by atoms with Crippen LogP contribution in [0, 0.1) is 12.8 Å². The number of nitrogens with one attached hydrogen (secondary N) is 3. The number of hydrogen-bond donors (Lipinski definition) is 3. The molecule has 2 aliphatic carbocycles. The molecule has 2 fully saturated rings. The van der Waals surface area contributed by atoms with Crippen molar-refractivity contribution in [3.8, 4) is 0 Å². The first-order valence-electron chi connectivity index (χ1n) is 11.6. The van der Waals surface area contributed by atoms with Crippen molar-refractivity contribution in [2.24, 2.45) is 5.92 Å². The summed E-state index contributed by atoms with van der Waals surface area (Å²) in [6, 6.07) is 3.33. The molecule has 0 bridgehead atoms. The Morgan fingerprint density at radius 1 is 1.29 bits per heavy atom. The van der Waals surface area contributed by atoms with E-state index < -0.39 is 23.9 Å². The second kappa shape index (κ2) is 10.2. The van der Waals surface area contributed by atoms with E-state index in [4.69, 9.17) is 11.6 Å². The van der Waals surface area contributed by atoms with E-state index in [0.717, 1.165) is 41.9 Å². The SMILES string of the molecule is Cc1ncc(Cl)cc1N[C@@H](C)c1ccc(C(=O)N[C@@H](CC2CCCC2)C(=O)N[C@H]2CC2(F)F)s1. The van der Waals surface area contributed by atoms with Crippen LogP contribution >= 0.6 is 22.9 Å². The summed E-state index contributed by atoms with van der Waals surface area (Å²) in [6.07, 6.45) is 5.87. The highest BCUT2D eigenvalue weighted by atomic mass is 35.5. The number of hydrogen-bond acceptors (Lipinski definition) is 5. The smallest absolute Gasteiger partial charge is 0.270 e. The monoisotopic (exact) mass is 510 g/mol. The molecular weight excluding hydrogens is 482 g/mol. The van der Waals surface area contributed by atoms with Crippen molar-refractivity contribution in [3.05, 3.63) is 44.9 Å². The molecule has 0 saturated heterocycles. The maximum atomic E-state index is 13.3. The van der Waals surface area contributed by atoms with E-state index in [9.17, 15) is 18.4 Å². The predicted molar refractivity (Wildman–Crippen MR) is 130 cm³/mol. The van der Waals surface area contributed by atoms with E-state index in [1.54, 1.807) is 18.3 Å². The van der Waals surface area contributed by atoms with E-state index in [-0.39, 0.29) is 18.4 Å². The Morgan fingerprint density at radius 3 is 2.68 bits per heavy atom. The maximum absolute atomic E-state index is 13.3. The number of carbonyl (C=O) groups is 2. The van der Waals surface area contributed by atoms with Gasteiger partial charge in [-0.1, -0.05) is 37.3 Å². The Morgan fingerprint density at radius 2 is 2.00 bits per heavy atom. The first-order chi connectivity index (χ1) is 16.1. The van der Waals surface area contributed by atoms with Crippen molar-refractivity contribution < 1.29 is 18.4 Å². The summed E-state index contributed by atoms with van der Waals surface area (Å²) in [4.78, 5) is 31.3. The number of alkyl halides is 2. The number of halogens is 3. The average Bonchev–Trinajstić information content (AvgIpc) is 3.22. The van der Waals surface area contributed by atoms with Crippen LogP contribution in [0.1, 0.15) is 71.7 Å². The fourth-order valence-corrected chi connectivity index (χ4v) is 5.42. The van der Waals surface area contributed by atoms with E-state index in [1.165, 1.54) is 11.3 Å². The van der Waals surface area contributed by atoms with Crippen molar-refractivity contribution in [3.63, 3.8) is 0 Å². The number of pyridine rings is 1. The second-order valence-electron chi connectivity index (χ2n) is 9.29. The van der Waals surface area contributed by atoms with Crippen molar-refractivity contribution >= 4 is 40.4 Å². The minimum atomic E-state index is -2.85. The molecule has 0 unspecified atom stereocenters. The molecule has 2 amide bonds. The zero-order chi connectivity index (χ0) is 24.5. The van der Waals surface area contributed by atoms with Gasteiger partial charge in [-0.2, -0.15) is 0 Å². The van der Waals surface area contributed by atoms with Gasteiger partial charge in [0.05, 0.1) is 33.4 Å². The summed E-state index contributed by atoms with van der Waals surface area (Å²) in [6.45, 7) is 3.85. The molecule has 34 heavy (non-hydrogen) atoms. The van der Waals surface area contributed by atoms with Crippen LogP contribution in [0.5, 0.6) is 0 Å². The molecule has 3 atom stereocenters. The van der Waals surface area contributed by atoms with Crippen LogP contribution in [0.25, 0.3) is 0 Å². The van der Waals surface area contributed by atoms with Gasteiger partial charge in [0.1, 0.15) is 6.04 Å². The second-order valence-corrected chi connectivity index (χ2v) is 10.8. The highest BCUT2D eigenvalue weighted by Gasteiger charge is 2.58. The van der Waals surface area contributed by atoms with Crippen LogP contribution in [-0.2, 0) is 4.79 Å². The Labute approximate surface area is 206 Å². The van der Waals surface area contributed by atoms with Crippen molar-refractivity contribution in [1.29, 1.82) is 0 Å². The van der Waals surface area contributed by atoms with Gasteiger partial charge in [0.15, 0.2) is 0 Å². The Kier molecular flexibility index (Phi) is 7.42. The third kappa shape index (κ3) is 6.05. The van der Waals surface area contributed by atoms with Crippen molar-refractivity contribution in [1.82, 2.24) is 15.6 Å². The highest BCUT2D eigenvalue weighted by molar-refractivity contribution is 7.14. The zero-order valence-electron chi connectivity index (χ0n) is 19.2. The summed E-state index contributed by atoms with van der Waals surface area (Å²) in [7, 11) is 0. The summed E-state index contributed by atoms with van der Waals surface area (Å²) in [5, 5.41) is 9.10. The molecule has 0 aromatic carbocycles. The minimum Gasteiger partial charge on any atom is -0.376 e. The number of amides is 2. The van der Waals surface area contributed by atoms with Crippen LogP contribution in [0.15, 0.2) is 24.4 Å². The number of aryl methyl sites for hydroxylation is 1. The van der Waals surface area contributed by atoms with Gasteiger partial charge in [-0.05, 0) is 44.4 Å². The molecule has 184 valence electrons. The maximum Gasteiger partial charge on any atom is 0.270 e. The van der Waals surface area contributed by atoms with Crippen LogP contribution in [0.4, 0.5) is 14.5 Å². The summed E-state index contributed by atoms with van der Waals surface area (Å²) in [5.74, 6) is -3.43. The molecule has 3 N–H and O–H groups in total. The molecule has 2 heterocycles. The number of anilines is 1. The van der Waals surface area contributed by atoms with Gasteiger partial charge in [0.2, 0.25) is 5.91 Å². The van der Waals surface area contributed by atoms with Gasteiger partial charge in [-0.3, -0.25) is 14.6 Å². The van der Waals surface area contributed by atoms with Gasteiger partial charge in [-0.25, -0.2) is 8.78 Å². The van der Waals surface area contributed by atoms with Gasteiger partial charge in [0, 0.05) is 17.5 Å². The Balaban J connectivity index is 1.40. The average molecular weight is 511 g/mol. The first kappa shape index (κ1) is 24.9. The summed E-state index contributed by atoms with van der Waals surface area (Å²) in [5.41, 5.74) is 1.62. The molecular formula is C24H29ClF2N4O2S. The summed E-state index contributed by atoms with van der Waals surface area (Å²) < 4.78 is 26.6. The molecule has 2 saturated carbocycles. The molecule has 0 aliphatic heterocycles.